The van der Waals surface area contributed by atoms with Crippen LogP contribution >= 0.6 is 11.3 Å². The van der Waals surface area contributed by atoms with Gasteiger partial charge in [0.05, 0.1) is 0 Å². The summed E-state index contributed by atoms with van der Waals surface area (Å²) in [5.41, 5.74) is 1.40. The molecular formula is C14H17NO2S. The fraction of sp³-hybridized carbons (Fsp3) is 0.429. The van der Waals surface area contributed by atoms with Crippen LogP contribution in [0.3, 0.4) is 0 Å². The van der Waals surface area contributed by atoms with E-state index in [2.05, 4.69) is 19.9 Å². The van der Waals surface area contributed by atoms with Gasteiger partial charge in [-0.3, -0.25) is 14.5 Å². The lowest BCUT2D eigenvalue weighted by Crippen LogP contribution is -2.30. The van der Waals surface area contributed by atoms with Crippen LogP contribution in [0.25, 0.3) is 0 Å². The van der Waals surface area contributed by atoms with Gasteiger partial charge >= 0.3 is 0 Å². The van der Waals surface area contributed by atoms with Crippen molar-refractivity contribution < 1.29 is 9.59 Å². The Morgan fingerprint density at radius 2 is 1.78 bits per heavy atom. The third-order valence-electron chi connectivity index (χ3n) is 3.12. The molecule has 1 aromatic rings. The van der Waals surface area contributed by atoms with E-state index >= 15 is 0 Å². The molecule has 1 aliphatic heterocycles. The van der Waals surface area contributed by atoms with E-state index in [9.17, 15) is 9.59 Å². The largest absolute Gasteiger partial charge is 0.275 e. The Hall–Kier alpha value is -1.42. The molecule has 0 fully saturated rings. The summed E-state index contributed by atoms with van der Waals surface area (Å²) in [6.45, 7) is 4.80. The molecule has 3 nitrogen and oxygen atoms in total. The highest BCUT2D eigenvalue weighted by Crippen LogP contribution is 2.22. The first-order chi connectivity index (χ1) is 8.58. The van der Waals surface area contributed by atoms with Gasteiger partial charge < -0.3 is 0 Å². The van der Waals surface area contributed by atoms with Gasteiger partial charge in [-0.1, -0.05) is 0 Å². The van der Waals surface area contributed by atoms with Crippen LogP contribution in [-0.4, -0.2) is 23.3 Å². The number of unbranched alkanes of at least 4 members (excludes halogenated alkanes) is 1. The minimum atomic E-state index is -0.178. The van der Waals surface area contributed by atoms with Crippen LogP contribution in [0.4, 0.5) is 0 Å². The zero-order chi connectivity index (χ0) is 13.1. The second kappa shape index (κ2) is 5.48. The second-order valence-corrected chi connectivity index (χ2v) is 6.02. The highest BCUT2D eigenvalue weighted by Gasteiger charge is 2.22. The number of thiophene rings is 1. The van der Waals surface area contributed by atoms with Gasteiger partial charge in [0, 0.05) is 28.5 Å². The van der Waals surface area contributed by atoms with Crippen molar-refractivity contribution in [3.05, 3.63) is 33.5 Å². The summed E-state index contributed by atoms with van der Waals surface area (Å²) in [5, 5.41) is 0. The third-order valence-corrected chi connectivity index (χ3v) is 4.13. The molecule has 2 amide bonds. The molecule has 0 bridgehead atoms. The maximum absolute atomic E-state index is 11.3. The Labute approximate surface area is 111 Å². The van der Waals surface area contributed by atoms with Crippen molar-refractivity contribution in [3.8, 4) is 0 Å². The van der Waals surface area contributed by atoms with Crippen LogP contribution in [0.2, 0.25) is 0 Å². The minimum Gasteiger partial charge on any atom is -0.275 e. The molecule has 0 N–H and O–H groups in total. The van der Waals surface area contributed by atoms with Gasteiger partial charge in [-0.05, 0) is 44.7 Å². The van der Waals surface area contributed by atoms with E-state index in [0.717, 1.165) is 19.3 Å². The van der Waals surface area contributed by atoms with Crippen LogP contribution in [-0.2, 0) is 16.0 Å². The van der Waals surface area contributed by atoms with E-state index in [0.29, 0.717) is 6.54 Å². The van der Waals surface area contributed by atoms with Crippen LogP contribution in [0, 0.1) is 13.8 Å². The molecule has 2 heterocycles. The molecule has 0 saturated heterocycles. The van der Waals surface area contributed by atoms with E-state index in [-0.39, 0.29) is 11.8 Å². The van der Waals surface area contributed by atoms with E-state index < -0.39 is 0 Å². The standard InChI is InChI=1S/C14H17NO2S/c1-10-9-12(11(2)18-10)5-3-4-8-15-13(16)6-7-14(15)17/h6-7,9H,3-5,8H2,1-2H3. The summed E-state index contributed by atoms with van der Waals surface area (Å²) >= 11 is 1.82. The fourth-order valence-corrected chi connectivity index (χ4v) is 3.14. The van der Waals surface area contributed by atoms with Crippen molar-refractivity contribution in [1.82, 2.24) is 4.90 Å². The smallest absolute Gasteiger partial charge is 0.253 e. The summed E-state index contributed by atoms with van der Waals surface area (Å²) in [7, 11) is 0. The number of amides is 2. The number of hydrogen-bond donors (Lipinski definition) is 0. The van der Waals surface area contributed by atoms with Crippen molar-refractivity contribution in [1.29, 1.82) is 0 Å². The normalized spacial score (nSPS) is 14.9. The van der Waals surface area contributed by atoms with Crippen molar-refractivity contribution >= 4 is 23.2 Å². The predicted octanol–water partition coefficient (Wildman–Crippen LogP) is 2.61. The summed E-state index contributed by atoms with van der Waals surface area (Å²) in [6.07, 6.45) is 5.59. The maximum Gasteiger partial charge on any atom is 0.253 e. The second-order valence-electron chi connectivity index (χ2n) is 4.56. The molecule has 96 valence electrons. The van der Waals surface area contributed by atoms with Crippen molar-refractivity contribution in [2.75, 3.05) is 6.54 Å². The molecule has 0 aliphatic carbocycles. The number of rotatable bonds is 5. The Bertz CT molecular complexity index is 484. The quantitative estimate of drug-likeness (QED) is 0.605. The van der Waals surface area contributed by atoms with E-state index in [4.69, 9.17) is 0 Å². The molecule has 2 rings (SSSR count). The highest BCUT2D eigenvalue weighted by molar-refractivity contribution is 7.12. The minimum absolute atomic E-state index is 0.178. The van der Waals surface area contributed by atoms with E-state index in [1.807, 2.05) is 11.3 Å². The first-order valence-electron chi connectivity index (χ1n) is 6.17. The maximum atomic E-state index is 11.3. The number of aryl methyl sites for hydroxylation is 3. The summed E-state index contributed by atoms with van der Waals surface area (Å²) in [6, 6.07) is 2.23. The number of carbonyl (C=O) groups excluding carboxylic acids is 2. The molecule has 18 heavy (non-hydrogen) atoms. The zero-order valence-corrected chi connectivity index (χ0v) is 11.5. The Balaban J connectivity index is 1.75. The molecule has 0 radical (unpaired) electrons. The van der Waals surface area contributed by atoms with Gasteiger partial charge in [0.15, 0.2) is 0 Å². The highest BCUT2D eigenvalue weighted by atomic mass is 32.1. The number of carbonyl (C=O) groups is 2. The summed E-state index contributed by atoms with van der Waals surface area (Å²) in [5.74, 6) is -0.356. The zero-order valence-electron chi connectivity index (χ0n) is 10.7. The molecule has 0 atom stereocenters. The van der Waals surface area contributed by atoms with Gasteiger partial charge in [-0.2, -0.15) is 0 Å². The van der Waals surface area contributed by atoms with Gasteiger partial charge in [0.2, 0.25) is 0 Å². The lowest BCUT2D eigenvalue weighted by molar-refractivity contribution is -0.136. The fourth-order valence-electron chi connectivity index (χ4n) is 2.17. The topological polar surface area (TPSA) is 37.4 Å². The number of hydrogen-bond acceptors (Lipinski definition) is 3. The molecule has 0 spiro atoms. The Morgan fingerprint density at radius 1 is 1.11 bits per heavy atom. The van der Waals surface area contributed by atoms with Gasteiger partial charge in [-0.15, -0.1) is 11.3 Å². The lowest BCUT2D eigenvalue weighted by atomic mass is 10.1. The SMILES string of the molecule is Cc1cc(CCCCN2C(=O)C=CC2=O)c(C)s1. The Morgan fingerprint density at radius 3 is 2.33 bits per heavy atom. The van der Waals surface area contributed by atoms with Crippen LogP contribution in [0.5, 0.6) is 0 Å². The van der Waals surface area contributed by atoms with Crippen LogP contribution in [0.15, 0.2) is 18.2 Å². The van der Waals surface area contributed by atoms with Crippen molar-refractivity contribution in [3.63, 3.8) is 0 Å². The molecule has 0 unspecified atom stereocenters. The average Bonchev–Trinajstić information content (AvgIpc) is 2.79. The van der Waals surface area contributed by atoms with Gasteiger partial charge in [-0.25, -0.2) is 0 Å². The van der Waals surface area contributed by atoms with Gasteiger partial charge in [0.1, 0.15) is 0 Å². The summed E-state index contributed by atoms with van der Waals surface area (Å²) in [4.78, 5) is 26.7. The van der Waals surface area contributed by atoms with Crippen molar-refractivity contribution in [2.45, 2.75) is 33.1 Å². The molecule has 0 saturated carbocycles. The Kier molecular flexibility index (Phi) is 3.97. The summed E-state index contributed by atoms with van der Waals surface area (Å²) < 4.78 is 0. The lowest BCUT2D eigenvalue weighted by Gasteiger charge is -2.12. The van der Waals surface area contributed by atoms with Crippen LogP contribution < -0.4 is 0 Å². The first-order valence-corrected chi connectivity index (χ1v) is 6.99. The number of imide groups is 1. The molecular weight excluding hydrogens is 246 g/mol. The van der Waals surface area contributed by atoms with E-state index in [1.54, 1.807) is 0 Å². The first kappa shape index (κ1) is 13.0. The number of nitrogens with zero attached hydrogens (tertiary/aromatic N) is 1. The average molecular weight is 263 g/mol. The van der Waals surface area contributed by atoms with Crippen LogP contribution in [0.1, 0.15) is 28.2 Å². The molecule has 1 aliphatic rings. The molecule has 4 heteroatoms. The van der Waals surface area contributed by atoms with Crippen molar-refractivity contribution in [2.24, 2.45) is 0 Å². The predicted molar refractivity (Wildman–Crippen MR) is 72.6 cm³/mol. The molecule has 1 aromatic heterocycles. The van der Waals surface area contributed by atoms with Gasteiger partial charge in [0.25, 0.3) is 11.8 Å². The third kappa shape index (κ3) is 2.88. The molecule has 0 aromatic carbocycles. The monoisotopic (exact) mass is 263 g/mol. The van der Waals surface area contributed by atoms with E-state index in [1.165, 1.54) is 32.4 Å².